The molecule has 1 aromatic heterocycles. The molecule has 0 radical (unpaired) electrons. The van der Waals surface area contributed by atoms with Gasteiger partial charge in [0.1, 0.15) is 0 Å². The molecule has 2 rings (SSSR count). The zero-order valence-corrected chi connectivity index (χ0v) is 14.0. The summed E-state index contributed by atoms with van der Waals surface area (Å²) < 4.78 is 0. The molecule has 1 unspecified atom stereocenters. The predicted octanol–water partition coefficient (Wildman–Crippen LogP) is 3.97. The molecule has 0 spiro atoms. The van der Waals surface area contributed by atoms with Crippen LogP contribution in [0.3, 0.4) is 0 Å². The van der Waals surface area contributed by atoms with Crippen molar-refractivity contribution in [1.82, 2.24) is 9.88 Å². The Morgan fingerprint density at radius 1 is 1.29 bits per heavy atom. The van der Waals surface area contributed by atoms with Crippen LogP contribution < -0.4 is 0 Å². The number of benzene rings is 1. The number of aromatic nitrogens is 1. The number of carbonyl (C=O) groups is 1. The molecule has 0 aliphatic rings. The van der Waals surface area contributed by atoms with Crippen LogP contribution in [0.5, 0.6) is 0 Å². The number of amides is 1. The number of rotatable bonds is 6. The monoisotopic (exact) mass is 319 g/mol. The number of likely N-dealkylation sites (N-methyl/N-ethyl adjacent to an activating group) is 1. The average molecular weight is 319 g/mol. The molecule has 2 aromatic rings. The highest BCUT2D eigenvalue weighted by molar-refractivity contribution is 5.92. The summed E-state index contributed by atoms with van der Waals surface area (Å²) >= 11 is 0. The van der Waals surface area contributed by atoms with Crippen molar-refractivity contribution >= 4 is 12.0 Å². The molecule has 0 N–H and O–H groups in total. The second-order valence-electron chi connectivity index (χ2n) is 5.40. The van der Waals surface area contributed by atoms with E-state index in [9.17, 15) is 4.79 Å². The topological polar surface area (TPSA) is 57.0 Å². The van der Waals surface area contributed by atoms with Gasteiger partial charge in [-0.3, -0.25) is 9.78 Å². The van der Waals surface area contributed by atoms with Crippen LogP contribution >= 0.6 is 0 Å². The summed E-state index contributed by atoms with van der Waals surface area (Å²) in [5.41, 5.74) is 2.51. The van der Waals surface area contributed by atoms with Crippen LogP contribution in [0, 0.1) is 11.3 Å². The minimum atomic E-state index is -0.0384. The zero-order valence-electron chi connectivity index (χ0n) is 14.0. The van der Waals surface area contributed by atoms with Crippen molar-refractivity contribution in [2.45, 2.75) is 26.3 Å². The molecule has 0 saturated heterocycles. The summed E-state index contributed by atoms with van der Waals surface area (Å²) in [6.07, 6.45) is 7.66. The van der Waals surface area contributed by atoms with Crippen molar-refractivity contribution in [3.8, 4) is 6.07 Å². The fraction of sp³-hybridized carbons (Fsp3) is 0.250. The number of nitrogens with zero attached hydrogens (tertiary/aromatic N) is 3. The standard InChI is InChI=1S/C20H21N3O/c1-3-19(18-10-12-22-13-11-18)23(4-2)20(24)9-8-16-6-5-7-17(14-16)15-21/h5-14,19H,3-4H2,1-2H3/b9-8+. The smallest absolute Gasteiger partial charge is 0.247 e. The van der Waals surface area contributed by atoms with Gasteiger partial charge in [0.25, 0.3) is 0 Å². The quantitative estimate of drug-likeness (QED) is 0.757. The van der Waals surface area contributed by atoms with Gasteiger partial charge >= 0.3 is 0 Å². The van der Waals surface area contributed by atoms with Gasteiger partial charge in [-0.25, -0.2) is 0 Å². The molecule has 1 aromatic carbocycles. The lowest BCUT2D eigenvalue weighted by molar-refractivity contribution is -0.128. The van der Waals surface area contributed by atoms with E-state index in [0.29, 0.717) is 12.1 Å². The van der Waals surface area contributed by atoms with Crippen LogP contribution in [0.4, 0.5) is 0 Å². The van der Waals surface area contributed by atoms with E-state index in [4.69, 9.17) is 5.26 Å². The molecule has 0 saturated carbocycles. The first-order valence-corrected chi connectivity index (χ1v) is 8.08. The predicted molar refractivity (Wildman–Crippen MR) is 94.8 cm³/mol. The molecule has 0 fully saturated rings. The highest BCUT2D eigenvalue weighted by atomic mass is 16.2. The fourth-order valence-electron chi connectivity index (χ4n) is 2.73. The van der Waals surface area contributed by atoms with Crippen molar-refractivity contribution in [3.63, 3.8) is 0 Å². The Hall–Kier alpha value is -2.93. The van der Waals surface area contributed by atoms with E-state index >= 15 is 0 Å². The first kappa shape index (κ1) is 17.4. The number of pyridine rings is 1. The SMILES string of the molecule is CCC(c1ccncc1)N(CC)C(=O)/C=C/c1cccc(C#N)c1. The summed E-state index contributed by atoms with van der Waals surface area (Å²) in [5.74, 6) is -0.0384. The minimum absolute atomic E-state index is 0.0283. The van der Waals surface area contributed by atoms with E-state index in [2.05, 4.69) is 18.0 Å². The van der Waals surface area contributed by atoms with Gasteiger partial charge in [0, 0.05) is 25.0 Å². The van der Waals surface area contributed by atoms with Crippen molar-refractivity contribution in [2.75, 3.05) is 6.54 Å². The van der Waals surface area contributed by atoms with E-state index in [1.165, 1.54) is 0 Å². The van der Waals surface area contributed by atoms with E-state index in [1.807, 2.05) is 36.1 Å². The molecule has 24 heavy (non-hydrogen) atoms. The lowest BCUT2D eigenvalue weighted by Gasteiger charge is -2.29. The van der Waals surface area contributed by atoms with Crippen molar-refractivity contribution in [1.29, 1.82) is 5.26 Å². The van der Waals surface area contributed by atoms with Crippen LogP contribution in [-0.2, 0) is 4.79 Å². The number of hydrogen-bond donors (Lipinski definition) is 0. The summed E-state index contributed by atoms with van der Waals surface area (Å²) in [5, 5.41) is 8.94. The molecule has 1 heterocycles. The van der Waals surface area contributed by atoms with E-state index < -0.39 is 0 Å². The third-order valence-corrected chi connectivity index (χ3v) is 3.91. The Bertz CT molecular complexity index is 747. The molecule has 4 nitrogen and oxygen atoms in total. The molecule has 1 atom stereocenters. The van der Waals surface area contributed by atoms with Gasteiger partial charge in [-0.1, -0.05) is 19.1 Å². The van der Waals surface area contributed by atoms with Crippen LogP contribution in [0.15, 0.2) is 54.9 Å². The van der Waals surface area contributed by atoms with E-state index in [0.717, 1.165) is 17.5 Å². The van der Waals surface area contributed by atoms with Crippen LogP contribution in [0.2, 0.25) is 0 Å². The Morgan fingerprint density at radius 3 is 2.67 bits per heavy atom. The van der Waals surface area contributed by atoms with Crippen LogP contribution in [0.25, 0.3) is 6.08 Å². The number of hydrogen-bond acceptors (Lipinski definition) is 3. The second-order valence-corrected chi connectivity index (χ2v) is 5.40. The van der Waals surface area contributed by atoms with Gasteiger partial charge in [-0.15, -0.1) is 0 Å². The van der Waals surface area contributed by atoms with E-state index in [1.54, 1.807) is 36.7 Å². The minimum Gasteiger partial charge on any atom is -0.332 e. The zero-order chi connectivity index (χ0) is 17.4. The van der Waals surface area contributed by atoms with Gasteiger partial charge in [-0.2, -0.15) is 5.26 Å². The third kappa shape index (κ3) is 4.30. The van der Waals surface area contributed by atoms with Crippen molar-refractivity contribution < 1.29 is 4.79 Å². The Morgan fingerprint density at radius 2 is 2.04 bits per heavy atom. The van der Waals surface area contributed by atoms with E-state index in [-0.39, 0.29) is 11.9 Å². The molecule has 0 bridgehead atoms. The Balaban J connectivity index is 2.18. The largest absolute Gasteiger partial charge is 0.332 e. The lowest BCUT2D eigenvalue weighted by atomic mass is 10.0. The van der Waals surface area contributed by atoms with Gasteiger partial charge in [0.15, 0.2) is 0 Å². The Kier molecular flexibility index (Phi) is 6.27. The summed E-state index contributed by atoms with van der Waals surface area (Å²) in [6.45, 7) is 4.68. The molecule has 0 aliphatic carbocycles. The molecule has 0 aliphatic heterocycles. The highest BCUT2D eigenvalue weighted by Crippen LogP contribution is 2.24. The second kappa shape index (κ2) is 8.64. The van der Waals surface area contributed by atoms with Gasteiger partial charge in [-0.05, 0) is 54.8 Å². The fourth-order valence-corrected chi connectivity index (χ4v) is 2.73. The maximum atomic E-state index is 12.6. The van der Waals surface area contributed by atoms with Crippen LogP contribution in [-0.4, -0.2) is 22.3 Å². The average Bonchev–Trinajstić information content (AvgIpc) is 2.64. The molecular weight excluding hydrogens is 298 g/mol. The van der Waals surface area contributed by atoms with Crippen LogP contribution in [0.1, 0.15) is 43.0 Å². The molecular formula is C20H21N3O. The maximum Gasteiger partial charge on any atom is 0.247 e. The molecule has 4 heteroatoms. The molecule has 1 amide bonds. The first-order chi connectivity index (χ1) is 11.7. The summed E-state index contributed by atoms with van der Waals surface area (Å²) in [7, 11) is 0. The number of nitriles is 1. The summed E-state index contributed by atoms with van der Waals surface area (Å²) in [4.78, 5) is 18.5. The number of carbonyl (C=O) groups excluding carboxylic acids is 1. The molecule has 122 valence electrons. The van der Waals surface area contributed by atoms with Gasteiger partial charge in [0.2, 0.25) is 5.91 Å². The van der Waals surface area contributed by atoms with Crippen molar-refractivity contribution in [3.05, 3.63) is 71.6 Å². The van der Waals surface area contributed by atoms with Crippen molar-refractivity contribution in [2.24, 2.45) is 0 Å². The van der Waals surface area contributed by atoms with Gasteiger partial charge < -0.3 is 4.90 Å². The third-order valence-electron chi connectivity index (χ3n) is 3.91. The first-order valence-electron chi connectivity index (χ1n) is 8.08. The lowest BCUT2D eigenvalue weighted by Crippen LogP contribution is -2.33. The van der Waals surface area contributed by atoms with Gasteiger partial charge in [0.05, 0.1) is 17.7 Å². The maximum absolute atomic E-state index is 12.6. The summed E-state index contributed by atoms with van der Waals surface area (Å²) in [6, 6.07) is 13.2. The Labute approximate surface area is 143 Å². The highest BCUT2D eigenvalue weighted by Gasteiger charge is 2.20. The normalized spacial score (nSPS) is 11.9.